The van der Waals surface area contributed by atoms with Crippen LogP contribution in [0, 0.1) is 17.2 Å². The van der Waals surface area contributed by atoms with Gasteiger partial charge in [0.15, 0.2) is 5.92 Å². The molecule has 0 bridgehead atoms. The first kappa shape index (κ1) is 8.70. The Kier molecular flexibility index (Phi) is 3.20. The van der Waals surface area contributed by atoms with Crippen molar-refractivity contribution in [1.29, 1.82) is 5.26 Å². The number of nitriles is 1. The highest BCUT2D eigenvalue weighted by Gasteiger charge is 2.11. The van der Waals surface area contributed by atoms with Crippen LogP contribution < -0.4 is 0 Å². The molecule has 0 fully saturated rings. The molecular formula is C7H9NO2. The number of carboxylic acid groups (broad SMARTS) is 1. The third kappa shape index (κ3) is 2.88. The second kappa shape index (κ2) is 3.67. The van der Waals surface area contributed by atoms with E-state index in [0.717, 1.165) is 5.57 Å². The summed E-state index contributed by atoms with van der Waals surface area (Å²) in [6.45, 7) is 3.51. The molecule has 1 N–H and O–H groups in total. The van der Waals surface area contributed by atoms with Gasteiger partial charge in [0.25, 0.3) is 0 Å². The SMILES string of the molecule is CC(C)=CC(C#N)C(=O)O. The van der Waals surface area contributed by atoms with Gasteiger partial charge in [-0.05, 0) is 13.8 Å². The number of rotatable bonds is 2. The molecule has 0 aliphatic rings. The summed E-state index contributed by atoms with van der Waals surface area (Å²) in [6, 6.07) is 1.66. The van der Waals surface area contributed by atoms with Gasteiger partial charge in [0.1, 0.15) is 0 Å². The molecule has 0 radical (unpaired) electrons. The molecule has 3 heteroatoms. The lowest BCUT2D eigenvalue weighted by atomic mass is 10.1. The third-order valence-corrected chi connectivity index (χ3v) is 0.905. The molecule has 0 aromatic carbocycles. The molecule has 0 saturated carbocycles. The summed E-state index contributed by atoms with van der Waals surface area (Å²) < 4.78 is 0. The van der Waals surface area contributed by atoms with E-state index in [1.54, 1.807) is 19.9 Å². The summed E-state index contributed by atoms with van der Waals surface area (Å²) in [5.74, 6) is -2.09. The van der Waals surface area contributed by atoms with Crippen LogP contribution in [0.4, 0.5) is 0 Å². The number of aliphatic carboxylic acids is 1. The molecule has 1 unspecified atom stereocenters. The zero-order chi connectivity index (χ0) is 8.15. The molecule has 10 heavy (non-hydrogen) atoms. The zero-order valence-electron chi connectivity index (χ0n) is 5.96. The van der Waals surface area contributed by atoms with Crippen LogP contribution in [0.1, 0.15) is 13.8 Å². The highest BCUT2D eigenvalue weighted by atomic mass is 16.4. The Morgan fingerprint density at radius 3 is 2.30 bits per heavy atom. The van der Waals surface area contributed by atoms with Crippen molar-refractivity contribution in [3.8, 4) is 6.07 Å². The largest absolute Gasteiger partial charge is 0.480 e. The Morgan fingerprint density at radius 2 is 2.20 bits per heavy atom. The van der Waals surface area contributed by atoms with Crippen LogP contribution in [-0.4, -0.2) is 11.1 Å². The summed E-state index contributed by atoms with van der Waals surface area (Å²) >= 11 is 0. The molecule has 0 aromatic rings. The molecule has 0 spiro atoms. The Labute approximate surface area is 59.6 Å². The van der Waals surface area contributed by atoms with E-state index in [1.165, 1.54) is 6.08 Å². The van der Waals surface area contributed by atoms with Gasteiger partial charge in [0, 0.05) is 0 Å². The van der Waals surface area contributed by atoms with Crippen LogP contribution in [0.5, 0.6) is 0 Å². The lowest BCUT2D eigenvalue weighted by Crippen LogP contribution is -2.08. The van der Waals surface area contributed by atoms with Crippen LogP contribution in [-0.2, 0) is 4.79 Å². The third-order valence-electron chi connectivity index (χ3n) is 0.905. The molecule has 54 valence electrons. The number of carboxylic acids is 1. The van der Waals surface area contributed by atoms with Crippen molar-refractivity contribution in [1.82, 2.24) is 0 Å². The standard InChI is InChI=1S/C7H9NO2/c1-5(2)3-6(4-8)7(9)10/h3,6H,1-2H3,(H,9,10). The minimum Gasteiger partial charge on any atom is -0.480 e. The van der Waals surface area contributed by atoms with Gasteiger partial charge in [-0.3, -0.25) is 4.79 Å². The van der Waals surface area contributed by atoms with Crippen LogP contribution in [0.15, 0.2) is 11.6 Å². The van der Waals surface area contributed by atoms with Crippen LogP contribution in [0.2, 0.25) is 0 Å². The van der Waals surface area contributed by atoms with Gasteiger partial charge in [0.05, 0.1) is 6.07 Å². The van der Waals surface area contributed by atoms with E-state index in [1.807, 2.05) is 0 Å². The fourth-order valence-corrected chi connectivity index (χ4v) is 0.497. The van der Waals surface area contributed by atoms with Crippen LogP contribution in [0.3, 0.4) is 0 Å². The van der Waals surface area contributed by atoms with E-state index in [9.17, 15) is 4.79 Å². The van der Waals surface area contributed by atoms with Gasteiger partial charge < -0.3 is 5.11 Å². The number of hydrogen-bond donors (Lipinski definition) is 1. The van der Waals surface area contributed by atoms with Crippen molar-refractivity contribution < 1.29 is 9.90 Å². The first-order valence-electron chi connectivity index (χ1n) is 2.85. The minimum atomic E-state index is -1.09. The van der Waals surface area contributed by atoms with E-state index in [4.69, 9.17) is 10.4 Å². The Morgan fingerprint density at radius 1 is 1.70 bits per heavy atom. The fourth-order valence-electron chi connectivity index (χ4n) is 0.497. The smallest absolute Gasteiger partial charge is 0.324 e. The van der Waals surface area contributed by atoms with Crippen LogP contribution >= 0.6 is 0 Å². The molecule has 0 saturated heterocycles. The van der Waals surface area contributed by atoms with E-state index >= 15 is 0 Å². The second-order valence-corrected chi connectivity index (χ2v) is 2.19. The number of carbonyl (C=O) groups is 1. The maximum atomic E-state index is 10.2. The Hall–Kier alpha value is -1.30. The monoisotopic (exact) mass is 139 g/mol. The quantitative estimate of drug-likeness (QED) is 0.584. The van der Waals surface area contributed by atoms with Gasteiger partial charge in [-0.2, -0.15) is 5.26 Å². The van der Waals surface area contributed by atoms with Crippen molar-refractivity contribution in [2.45, 2.75) is 13.8 Å². The van der Waals surface area contributed by atoms with Crippen molar-refractivity contribution in [3.05, 3.63) is 11.6 Å². The maximum Gasteiger partial charge on any atom is 0.324 e. The topological polar surface area (TPSA) is 61.1 Å². The van der Waals surface area contributed by atoms with Gasteiger partial charge in [0.2, 0.25) is 0 Å². The molecule has 0 aliphatic heterocycles. The predicted molar refractivity (Wildman–Crippen MR) is 36.2 cm³/mol. The lowest BCUT2D eigenvalue weighted by molar-refractivity contribution is -0.138. The van der Waals surface area contributed by atoms with E-state index in [2.05, 4.69) is 0 Å². The molecule has 0 aromatic heterocycles. The lowest BCUT2D eigenvalue weighted by Gasteiger charge is -1.94. The Balaban J connectivity index is 4.28. The molecule has 0 rings (SSSR count). The van der Waals surface area contributed by atoms with Crippen molar-refractivity contribution in [3.63, 3.8) is 0 Å². The zero-order valence-corrected chi connectivity index (χ0v) is 5.96. The molecule has 1 atom stereocenters. The van der Waals surface area contributed by atoms with Gasteiger partial charge in [-0.25, -0.2) is 0 Å². The number of allylic oxidation sites excluding steroid dienone is 1. The van der Waals surface area contributed by atoms with E-state index in [0.29, 0.717) is 0 Å². The predicted octanol–water partition coefficient (Wildman–Crippen LogP) is 1.18. The average Bonchev–Trinajstić information content (AvgIpc) is 1.81. The highest BCUT2D eigenvalue weighted by Crippen LogP contribution is 2.01. The van der Waals surface area contributed by atoms with Gasteiger partial charge in [-0.1, -0.05) is 11.6 Å². The maximum absolute atomic E-state index is 10.2. The first-order valence-corrected chi connectivity index (χ1v) is 2.85. The fraction of sp³-hybridized carbons (Fsp3) is 0.429. The average molecular weight is 139 g/mol. The summed E-state index contributed by atoms with van der Waals surface area (Å²) in [5.41, 5.74) is 0.842. The normalized spacial score (nSPS) is 11.3. The minimum absolute atomic E-state index is 0.842. The summed E-state index contributed by atoms with van der Waals surface area (Å²) in [5, 5.41) is 16.6. The van der Waals surface area contributed by atoms with Crippen molar-refractivity contribution in [2.75, 3.05) is 0 Å². The van der Waals surface area contributed by atoms with Crippen LogP contribution in [0.25, 0.3) is 0 Å². The molecule has 0 heterocycles. The highest BCUT2D eigenvalue weighted by molar-refractivity contribution is 5.75. The van der Waals surface area contributed by atoms with Gasteiger partial charge in [-0.15, -0.1) is 0 Å². The first-order chi connectivity index (χ1) is 4.57. The van der Waals surface area contributed by atoms with Crippen molar-refractivity contribution in [2.24, 2.45) is 5.92 Å². The molecule has 0 aliphatic carbocycles. The number of nitrogens with zero attached hydrogens (tertiary/aromatic N) is 1. The second-order valence-electron chi connectivity index (χ2n) is 2.19. The van der Waals surface area contributed by atoms with Crippen molar-refractivity contribution >= 4 is 5.97 Å². The summed E-state index contributed by atoms with van der Waals surface area (Å²) in [6.07, 6.45) is 1.42. The van der Waals surface area contributed by atoms with E-state index < -0.39 is 11.9 Å². The number of hydrogen-bond acceptors (Lipinski definition) is 2. The van der Waals surface area contributed by atoms with Gasteiger partial charge >= 0.3 is 5.97 Å². The van der Waals surface area contributed by atoms with E-state index in [-0.39, 0.29) is 0 Å². The molecule has 0 amide bonds. The molecular weight excluding hydrogens is 130 g/mol. The molecule has 3 nitrogen and oxygen atoms in total. The Bertz CT molecular complexity index is 196. The summed E-state index contributed by atoms with van der Waals surface area (Å²) in [4.78, 5) is 10.2. The summed E-state index contributed by atoms with van der Waals surface area (Å²) in [7, 11) is 0.